The normalized spacial score (nSPS) is 11.2. The molecule has 0 saturated carbocycles. The molecule has 2 rings (SSSR count). The van der Waals surface area contributed by atoms with Crippen molar-refractivity contribution >= 4 is 46.6 Å². The number of halogens is 3. The maximum atomic E-state index is 11.6. The van der Waals surface area contributed by atoms with Gasteiger partial charge in [0, 0.05) is 24.0 Å². The van der Waals surface area contributed by atoms with E-state index in [1.54, 1.807) is 18.6 Å². The molecule has 0 aliphatic carbocycles. The van der Waals surface area contributed by atoms with Crippen LogP contribution in [0.25, 0.3) is 0 Å². The van der Waals surface area contributed by atoms with E-state index < -0.39 is 9.89 Å². The molecular weight excluding hydrogens is 337 g/mol. The van der Waals surface area contributed by atoms with Crippen LogP contribution in [-0.2, 0) is 11.2 Å². The zero-order chi connectivity index (χ0) is 15.3. The fourth-order valence-electron chi connectivity index (χ4n) is 1.66. The van der Waals surface area contributed by atoms with E-state index in [9.17, 15) is 4.79 Å². The predicted octanol–water partition coefficient (Wildman–Crippen LogP) is 3.92. The number of alkyl halides is 3. The summed E-state index contributed by atoms with van der Waals surface area (Å²) in [5, 5.41) is 2.57. The topological polar surface area (TPSA) is 67.0 Å². The standard InChI is InChI=1S/C13H12Cl3N3O2/c14-13(15,16)7-21-12(20)19-10-3-1-2-9(4-10)5-11-6-17-8-18-11/h1-4,6,8H,5,7H2,(H,17,18)(H,19,20). The summed E-state index contributed by atoms with van der Waals surface area (Å²) in [6.45, 7) is -0.322. The van der Waals surface area contributed by atoms with E-state index >= 15 is 0 Å². The third-order valence-corrected chi connectivity index (χ3v) is 2.82. The van der Waals surface area contributed by atoms with Crippen molar-refractivity contribution in [1.29, 1.82) is 0 Å². The van der Waals surface area contributed by atoms with Gasteiger partial charge in [-0.25, -0.2) is 9.78 Å². The summed E-state index contributed by atoms with van der Waals surface area (Å²) in [6, 6.07) is 7.35. The van der Waals surface area contributed by atoms with Crippen LogP contribution >= 0.6 is 34.8 Å². The van der Waals surface area contributed by atoms with Gasteiger partial charge in [0.1, 0.15) is 6.61 Å². The highest BCUT2D eigenvalue weighted by molar-refractivity contribution is 6.67. The van der Waals surface area contributed by atoms with Crippen LogP contribution in [0.4, 0.5) is 10.5 Å². The lowest BCUT2D eigenvalue weighted by molar-refractivity contribution is 0.164. The van der Waals surface area contributed by atoms with Crippen LogP contribution in [0.5, 0.6) is 0 Å². The van der Waals surface area contributed by atoms with Crippen LogP contribution in [0.3, 0.4) is 0 Å². The molecule has 2 N–H and O–H groups in total. The summed E-state index contributed by atoms with van der Waals surface area (Å²) in [5.41, 5.74) is 2.59. The van der Waals surface area contributed by atoms with E-state index in [4.69, 9.17) is 39.5 Å². The molecule has 0 fully saturated rings. The molecule has 5 nitrogen and oxygen atoms in total. The fourth-order valence-corrected chi connectivity index (χ4v) is 1.83. The van der Waals surface area contributed by atoms with Gasteiger partial charge in [0.15, 0.2) is 0 Å². The van der Waals surface area contributed by atoms with Crippen molar-refractivity contribution in [3.8, 4) is 0 Å². The minimum absolute atomic E-state index is 0.322. The molecule has 0 radical (unpaired) electrons. The minimum Gasteiger partial charge on any atom is -0.445 e. The Bertz CT molecular complexity index is 597. The number of H-pyrrole nitrogens is 1. The third kappa shape index (κ3) is 5.83. The number of hydrogen-bond acceptors (Lipinski definition) is 3. The number of aromatic amines is 1. The van der Waals surface area contributed by atoms with Crippen molar-refractivity contribution < 1.29 is 9.53 Å². The number of ether oxygens (including phenoxy) is 1. The molecule has 112 valence electrons. The van der Waals surface area contributed by atoms with Crippen LogP contribution in [0.1, 0.15) is 11.3 Å². The predicted molar refractivity (Wildman–Crippen MR) is 83.1 cm³/mol. The van der Waals surface area contributed by atoms with Gasteiger partial charge in [0.05, 0.1) is 6.33 Å². The van der Waals surface area contributed by atoms with Gasteiger partial charge in [-0.05, 0) is 17.7 Å². The number of amides is 1. The molecule has 8 heteroatoms. The summed E-state index contributed by atoms with van der Waals surface area (Å²) in [5.74, 6) is 0. The molecule has 0 saturated heterocycles. The van der Waals surface area contributed by atoms with E-state index in [-0.39, 0.29) is 6.61 Å². The van der Waals surface area contributed by atoms with Crippen molar-refractivity contribution in [3.63, 3.8) is 0 Å². The quantitative estimate of drug-likeness (QED) is 0.823. The lowest BCUT2D eigenvalue weighted by Gasteiger charge is -2.12. The van der Waals surface area contributed by atoms with E-state index in [1.807, 2.05) is 18.2 Å². The van der Waals surface area contributed by atoms with Crippen molar-refractivity contribution in [2.45, 2.75) is 10.2 Å². The number of hydrogen-bond donors (Lipinski definition) is 2. The molecule has 1 amide bonds. The molecule has 21 heavy (non-hydrogen) atoms. The van der Waals surface area contributed by atoms with Gasteiger partial charge >= 0.3 is 6.09 Å². The van der Waals surface area contributed by atoms with Gasteiger partial charge < -0.3 is 9.72 Å². The molecule has 0 spiro atoms. The van der Waals surface area contributed by atoms with Gasteiger partial charge in [0.25, 0.3) is 0 Å². The Morgan fingerprint density at radius 1 is 1.38 bits per heavy atom. The second kappa shape index (κ2) is 7.02. The largest absolute Gasteiger partial charge is 0.445 e. The van der Waals surface area contributed by atoms with E-state index in [0.29, 0.717) is 12.1 Å². The molecule has 2 aromatic rings. The van der Waals surface area contributed by atoms with Crippen LogP contribution in [0.15, 0.2) is 36.8 Å². The van der Waals surface area contributed by atoms with E-state index in [1.165, 1.54) is 0 Å². The van der Waals surface area contributed by atoms with Crippen LogP contribution < -0.4 is 5.32 Å². The molecule has 1 heterocycles. The average molecular weight is 349 g/mol. The van der Waals surface area contributed by atoms with Crippen LogP contribution in [0, 0.1) is 0 Å². The van der Waals surface area contributed by atoms with Gasteiger partial charge in [-0.1, -0.05) is 46.9 Å². The summed E-state index contributed by atoms with van der Waals surface area (Å²) >= 11 is 16.5. The number of benzene rings is 1. The first-order valence-electron chi connectivity index (χ1n) is 5.99. The first-order valence-corrected chi connectivity index (χ1v) is 7.12. The van der Waals surface area contributed by atoms with E-state index in [2.05, 4.69) is 15.3 Å². The number of nitrogens with zero attached hydrogens (tertiary/aromatic N) is 1. The second-order valence-electron chi connectivity index (χ2n) is 4.27. The monoisotopic (exact) mass is 347 g/mol. The molecular formula is C13H12Cl3N3O2. The molecule has 1 aromatic carbocycles. The Morgan fingerprint density at radius 2 is 2.19 bits per heavy atom. The summed E-state index contributed by atoms with van der Waals surface area (Å²) in [4.78, 5) is 18.5. The number of carbonyl (C=O) groups excluding carboxylic acids is 1. The molecule has 0 unspecified atom stereocenters. The average Bonchev–Trinajstić information content (AvgIpc) is 2.89. The first kappa shape index (κ1) is 15.9. The van der Waals surface area contributed by atoms with Crippen LogP contribution in [0.2, 0.25) is 0 Å². The van der Waals surface area contributed by atoms with Crippen molar-refractivity contribution in [2.24, 2.45) is 0 Å². The van der Waals surface area contributed by atoms with Crippen LogP contribution in [-0.4, -0.2) is 26.5 Å². The summed E-state index contributed by atoms with van der Waals surface area (Å²) in [7, 11) is 0. The Morgan fingerprint density at radius 3 is 2.86 bits per heavy atom. The number of carbonyl (C=O) groups is 1. The van der Waals surface area contributed by atoms with Gasteiger partial charge in [-0.2, -0.15) is 0 Å². The molecule has 0 aliphatic heterocycles. The number of anilines is 1. The molecule has 0 aliphatic rings. The highest BCUT2D eigenvalue weighted by Gasteiger charge is 2.22. The lowest BCUT2D eigenvalue weighted by atomic mass is 10.1. The van der Waals surface area contributed by atoms with E-state index in [0.717, 1.165) is 11.3 Å². The highest BCUT2D eigenvalue weighted by atomic mass is 35.6. The Balaban J connectivity index is 1.93. The summed E-state index contributed by atoms with van der Waals surface area (Å²) < 4.78 is 3.17. The number of nitrogens with one attached hydrogen (secondary N) is 2. The molecule has 0 atom stereocenters. The maximum Gasteiger partial charge on any atom is 0.411 e. The smallest absolute Gasteiger partial charge is 0.411 e. The minimum atomic E-state index is -1.63. The Kier molecular flexibility index (Phi) is 5.33. The van der Waals surface area contributed by atoms with Crippen molar-refractivity contribution in [3.05, 3.63) is 48.0 Å². The number of rotatable bonds is 4. The molecule has 1 aromatic heterocycles. The van der Waals surface area contributed by atoms with Crippen molar-refractivity contribution in [2.75, 3.05) is 11.9 Å². The zero-order valence-corrected chi connectivity index (χ0v) is 13.0. The van der Waals surface area contributed by atoms with Gasteiger partial charge in [-0.15, -0.1) is 0 Å². The number of imidazole rings is 1. The van der Waals surface area contributed by atoms with Crippen molar-refractivity contribution in [1.82, 2.24) is 9.97 Å². The fraction of sp³-hybridized carbons (Fsp3) is 0.231. The van der Waals surface area contributed by atoms with Gasteiger partial charge in [-0.3, -0.25) is 5.32 Å². The SMILES string of the molecule is O=C(Nc1cccc(Cc2cnc[nH]2)c1)OCC(Cl)(Cl)Cl. The Hall–Kier alpha value is -1.43. The lowest BCUT2D eigenvalue weighted by Crippen LogP contribution is -2.21. The maximum absolute atomic E-state index is 11.6. The zero-order valence-electron chi connectivity index (χ0n) is 10.8. The van der Waals surface area contributed by atoms with Gasteiger partial charge in [0.2, 0.25) is 3.79 Å². The summed E-state index contributed by atoms with van der Waals surface area (Å²) in [6.07, 6.45) is 3.36. The third-order valence-electron chi connectivity index (χ3n) is 2.49. The number of aromatic nitrogens is 2. The first-order chi connectivity index (χ1) is 9.92. The second-order valence-corrected chi connectivity index (χ2v) is 6.79. The molecule has 0 bridgehead atoms. The Labute approximate surface area is 136 Å². The highest BCUT2D eigenvalue weighted by Crippen LogP contribution is 2.26.